The lowest BCUT2D eigenvalue weighted by molar-refractivity contribution is 0.0696. The number of carbonyl (C=O) groups is 2. The van der Waals surface area contributed by atoms with Crippen LogP contribution < -0.4 is 0 Å². The molecular formula is C20H15NO4. The van der Waals surface area contributed by atoms with Crippen LogP contribution in [0.15, 0.2) is 60.7 Å². The average molecular weight is 333 g/mol. The van der Waals surface area contributed by atoms with Gasteiger partial charge >= 0.3 is 11.9 Å². The fraction of sp³-hybridized carbons (Fsp3) is 0.0500. The summed E-state index contributed by atoms with van der Waals surface area (Å²) in [5.41, 5.74) is 1.08. The summed E-state index contributed by atoms with van der Waals surface area (Å²) in [6.07, 6.45) is 0. The standard InChI is InChI=1S/C11H7N.C9H8O4/c12-8-10-6-3-5-9-4-1-2-7-11(9)10;1-5-6(8(10)11)3-2-4-7(5)9(12)13/h1-7H;2-4H,1H3,(H,10,11)(H,12,13). The third kappa shape index (κ3) is 4.01. The number of rotatable bonds is 2. The van der Waals surface area contributed by atoms with E-state index in [1.54, 1.807) is 0 Å². The molecule has 0 saturated heterocycles. The Balaban J connectivity index is 0.000000181. The zero-order chi connectivity index (χ0) is 18.4. The number of hydrogen-bond donors (Lipinski definition) is 2. The molecule has 5 heteroatoms. The number of nitriles is 1. The van der Waals surface area contributed by atoms with Crippen LogP contribution >= 0.6 is 0 Å². The zero-order valence-electron chi connectivity index (χ0n) is 13.4. The van der Waals surface area contributed by atoms with Gasteiger partial charge in [-0.1, -0.05) is 42.5 Å². The molecule has 0 aliphatic rings. The summed E-state index contributed by atoms with van der Waals surface area (Å²) in [4.78, 5) is 21.2. The Hall–Kier alpha value is -3.65. The number of aromatic carboxylic acids is 2. The molecule has 5 nitrogen and oxygen atoms in total. The van der Waals surface area contributed by atoms with Crippen LogP contribution in [0.3, 0.4) is 0 Å². The highest BCUT2D eigenvalue weighted by molar-refractivity contribution is 5.96. The minimum absolute atomic E-state index is 0.0277. The van der Waals surface area contributed by atoms with Gasteiger partial charge in [0.25, 0.3) is 0 Å². The number of fused-ring (bicyclic) bond motifs is 1. The summed E-state index contributed by atoms with van der Waals surface area (Å²) in [5.74, 6) is -2.22. The second kappa shape index (κ2) is 7.75. The van der Waals surface area contributed by atoms with E-state index in [4.69, 9.17) is 15.5 Å². The fourth-order valence-corrected chi connectivity index (χ4v) is 2.42. The highest BCUT2D eigenvalue weighted by Gasteiger charge is 2.13. The maximum absolute atomic E-state index is 10.6. The summed E-state index contributed by atoms with van der Waals surface area (Å²) in [5, 5.41) is 28.3. The summed E-state index contributed by atoms with van der Waals surface area (Å²) >= 11 is 0. The van der Waals surface area contributed by atoms with E-state index in [9.17, 15) is 9.59 Å². The molecule has 0 radical (unpaired) electrons. The van der Waals surface area contributed by atoms with Crippen LogP contribution in [0.5, 0.6) is 0 Å². The largest absolute Gasteiger partial charge is 0.478 e. The van der Waals surface area contributed by atoms with Gasteiger partial charge in [0.2, 0.25) is 0 Å². The van der Waals surface area contributed by atoms with Crippen molar-refractivity contribution < 1.29 is 19.8 Å². The number of carboxylic acids is 2. The highest BCUT2D eigenvalue weighted by Crippen LogP contribution is 2.17. The van der Waals surface area contributed by atoms with Crippen molar-refractivity contribution in [3.8, 4) is 6.07 Å². The van der Waals surface area contributed by atoms with Crippen LogP contribution in [-0.4, -0.2) is 22.2 Å². The predicted molar refractivity (Wildman–Crippen MR) is 93.8 cm³/mol. The molecule has 0 bridgehead atoms. The van der Waals surface area contributed by atoms with Crippen LogP contribution in [-0.2, 0) is 0 Å². The molecule has 0 atom stereocenters. The summed E-state index contributed by atoms with van der Waals surface area (Å²) < 4.78 is 0. The number of nitrogens with zero attached hydrogens (tertiary/aromatic N) is 1. The maximum atomic E-state index is 10.6. The van der Waals surface area contributed by atoms with Crippen LogP contribution in [0.2, 0.25) is 0 Å². The van der Waals surface area contributed by atoms with Gasteiger partial charge in [0, 0.05) is 0 Å². The van der Waals surface area contributed by atoms with Gasteiger partial charge in [-0.3, -0.25) is 0 Å². The van der Waals surface area contributed by atoms with Gasteiger partial charge in [0.15, 0.2) is 0 Å². The van der Waals surface area contributed by atoms with Gasteiger partial charge < -0.3 is 10.2 Å². The van der Waals surface area contributed by atoms with Crippen LogP contribution in [0, 0.1) is 18.3 Å². The van der Waals surface area contributed by atoms with E-state index in [1.165, 1.54) is 25.1 Å². The lowest BCUT2D eigenvalue weighted by Gasteiger charge is -2.03. The first kappa shape index (κ1) is 17.7. The van der Waals surface area contributed by atoms with E-state index in [0.29, 0.717) is 0 Å². The number of hydrogen-bond acceptors (Lipinski definition) is 3. The molecule has 0 saturated carbocycles. The molecule has 0 aliphatic carbocycles. The SMILES string of the molecule is Cc1c(C(=O)O)cccc1C(=O)O.N#Cc1cccc2ccccc12. The monoisotopic (exact) mass is 333 g/mol. The van der Waals surface area contributed by atoms with E-state index >= 15 is 0 Å². The molecule has 0 heterocycles. The summed E-state index contributed by atoms with van der Waals surface area (Å²) in [7, 11) is 0. The average Bonchev–Trinajstić information content (AvgIpc) is 2.61. The second-order valence-electron chi connectivity index (χ2n) is 5.23. The van der Waals surface area contributed by atoms with Crippen LogP contribution in [0.4, 0.5) is 0 Å². The molecule has 0 aromatic heterocycles. The molecule has 0 spiro atoms. The fourth-order valence-electron chi connectivity index (χ4n) is 2.42. The van der Waals surface area contributed by atoms with Gasteiger partial charge in [0.05, 0.1) is 22.8 Å². The lowest BCUT2D eigenvalue weighted by atomic mass is 10.0. The van der Waals surface area contributed by atoms with Gasteiger partial charge in [-0.2, -0.15) is 5.26 Å². The smallest absolute Gasteiger partial charge is 0.335 e. The quantitative estimate of drug-likeness (QED) is 0.735. The molecule has 0 amide bonds. The van der Waals surface area contributed by atoms with Crippen LogP contribution in [0.25, 0.3) is 10.8 Å². The lowest BCUT2D eigenvalue weighted by Crippen LogP contribution is -2.06. The van der Waals surface area contributed by atoms with Crippen molar-refractivity contribution in [3.05, 3.63) is 82.9 Å². The molecular weight excluding hydrogens is 318 g/mol. The molecule has 25 heavy (non-hydrogen) atoms. The molecule has 2 N–H and O–H groups in total. The molecule has 3 aromatic rings. The summed E-state index contributed by atoms with van der Waals surface area (Å²) in [6, 6.07) is 20.0. The molecule has 3 rings (SSSR count). The van der Waals surface area contributed by atoms with E-state index in [2.05, 4.69) is 6.07 Å². The second-order valence-corrected chi connectivity index (χ2v) is 5.23. The predicted octanol–water partition coefficient (Wildman–Crippen LogP) is 4.10. The maximum Gasteiger partial charge on any atom is 0.335 e. The Morgan fingerprint density at radius 3 is 1.92 bits per heavy atom. The van der Waals surface area contributed by atoms with E-state index in [-0.39, 0.29) is 16.7 Å². The van der Waals surface area contributed by atoms with Crippen molar-refractivity contribution in [1.29, 1.82) is 5.26 Å². The Bertz CT molecular complexity index is 949. The zero-order valence-corrected chi connectivity index (χ0v) is 13.4. The molecule has 0 fully saturated rings. The van der Waals surface area contributed by atoms with Crippen molar-refractivity contribution in [2.24, 2.45) is 0 Å². The molecule has 0 unspecified atom stereocenters. The first-order chi connectivity index (χ1) is 12.0. The third-order valence-corrected chi connectivity index (χ3v) is 3.70. The first-order valence-electron chi connectivity index (χ1n) is 7.39. The minimum atomic E-state index is -1.11. The van der Waals surface area contributed by atoms with E-state index < -0.39 is 11.9 Å². The topological polar surface area (TPSA) is 98.4 Å². The van der Waals surface area contributed by atoms with Crippen molar-refractivity contribution in [2.45, 2.75) is 6.92 Å². The van der Waals surface area contributed by atoms with Gasteiger partial charge in [-0.15, -0.1) is 0 Å². The first-order valence-corrected chi connectivity index (χ1v) is 7.39. The molecule has 124 valence electrons. The Kier molecular flexibility index (Phi) is 5.49. The highest BCUT2D eigenvalue weighted by atomic mass is 16.4. The van der Waals surface area contributed by atoms with Crippen molar-refractivity contribution in [1.82, 2.24) is 0 Å². The number of benzene rings is 3. The third-order valence-electron chi connectivity index (χ3n) is 3.70. The van der Waals surface area contributed by atoms with Gasteiger partial charge in [-0.05, 0) is 41.5 Å². The molecule has 3 aromatic carbocycles. The molecule has 0 aliphatic heterocycles. The minimum Gasteiger partial charge on any atom is -0.478 e. The van der Waals surface area contributed by atoms with E-state index in [0.717, 1.165) is 16.3 Å². The Morgan fingerprint density at radius 1 is 0.840 bits per heavy atom. The van der Waals surface area contributed by atoms with Crippen molar-refractivity contribution in [3.63, 3.8) is 0 Å². The van der Waals surface area contributed by atoms with Crippen molar-refractivity contribution >= 4 is 22.7 Å². The van der Waals surface area contributed by atoms with Crippen LogP contribution in [0.1, 0.15) is 31.8 Å². The normalized spacial score (nSPS) is 9.60. The van der Waals surface area contributed by atoms with Gasteiger partial charge in [0.1, 0.15) is 0 Å². The van der Waals surface area contributed by atoms with Crippen molar-refractivity contribution in [2.75, 3.05) is 0 Å². The number of carboxylic acid groups (broad SMARTS) is 2. The van der Waals surface area contributed by atoms with Gasteiger partial charge in [-0.25, -0.2) is 9.59 Å². The Morgan fingerprint density at radius 2 is 1.36 bits per heavy atom. The Labute approximate surface area is 144 Å². The summed E-state index contributed by atoms with van der Waals surface area (Å²) in [6.45, 7) is 1.48. The van der Waals surface area contributed by atoms with E-state index in [1.807, 2.05) is 42.5 Å².